The molecule has 8 heteroatoms. The lowest BCUT2D eigenvalue weighted by Crippen LogP contribution is -2.13. The van der Waals surface area contributed by atoms with Crippen molar-refractivity contribution in [2.45, 2.75) is 11.8 Å². The van der Waals surface area contributed by atoms with Crippen molar-refractivity contribution in [1.82, 2.24) is 0 Å². The molecule has 1 amide bonds. The second-order valence-electron chi connectivity index (χ2n) is 5.53. The number of hydrogen-bond acceptors (Lipinski definition) is 4. The van der Waals surface area contributed by atoms with Crippen molar-refractivity contribution in [2.24, 2.45) is 0 Å². The fourth-order valence-corrected chi connectivity index (χ4v) is 4.65. The highest BCUT2D eigenvalue weighted by Gasteiger charge is 2.19. The fourth-order valence-electron chi connectivity index (χ4n) is 2.24. The van der Waals surface area contributed by atoms with Crippen LogP contribution < -0.4 is 10.0 Å². The largest absolute Gasteiger partial charge is 0.321 e. The first-order chi connectivity index (χ1) is 12.3. The number of aryl methyl sites for hydroxylation is 1. The first kappa shape index (κ1) is 18.4. The van der Waals surface area contributed by atoms with E-state index in [1.54, 1.807) is 24.3 Å². The van der Waals surface area contributed by atoms with E-state index >= 15 is 0 Å². The molecule has 1 aromatic heterocycles. The minimum Gasteiger partial charge on any atom is -0.321 e. The van der Waals surface area contributed by atoms with Crippen LogP contribution in [0.1, 0.15) is 15.2 Å². The predicted molar refractivity (Wildman–Crippen MR) is 106 cm³/mol. The average molecular weight is 407 g/mol. The number of carbonyl (C=O) groups excluding carboxylic acids is 1. The Morgan fingerprint density at radius 2 is 1.85 bits per heavy atom. The van der Waals surface area contributed by atoms with Gasteiger partial charge in [0.2, 0.25) is 0 Å². The zero-order valence-corrected chi connectivity index (χ0v) is 16.1. The molecule has 0 aliphatic heterocycles. The van der Waals surface area contributed by atoms with E-state index in [1.165, 1.54) is 17.5 Å². The van der Waals surface area contributed by atoms with Gasteiger partial charge in [-0.15, -0.1) is 11.3 Å². The number of nitrogens with one attached hydrogen (secondary N) is 2. The average Bonchev–Trinajstić information content (AvgIpc) is 3.08. The highest BCUT2D eigenvalue weighted by atomic mass is 35.5. The monoisotopic (exact) mass is 406 g/mol. The maximum atomic E-state index is 12.5. The Morgan fingerprint density at radius 1 is 1.08 bits per heavy atom. The molecule has 0 radical (unpaired) electrons. The molecule has 3 rings (SSSR count). The highest BCUT2D eigenvalue weighted by Crippen LogP contribution is 2.24. The molecule has 134 valence electrons. The van der Waals surface area contributed by atoms with Crippen molar-refractivity contribution in [1.29, 1.82) is 0 Å². The van der Waals surface area contributed by atoms with Crippen LogP contribution >= 0.6 is 22.9 Å². The molecular formula is C18H15ClN2O3S2. The third-order valence-corrected chi connectivity index (χ3v) is 6.25. The molecule has 0 saturated carbocycles. The summed E-state index contributed by atoms with van der Waals surface area (Å²) in [5.74, 6) is -0.353. The van der Waals surface area contributed by atoms with Crippen LogP contribution in [0.3, 0.4) is 0 Å². The van der Waals surface area contributed by atoms with Crippen LogP contribution in [0.2, 0.25) is 5.02 Å². The summed E-state index contributed by atoms with van der Waals surface area (Å²) in [6, 6.07) is 15.1. The zero-order valence-electron chi connectivity index (χ0n) is 13.7. The topological polar surface area (TPSA) is 75.3 Å². The van der Waals surface area contributed by atoms with Crippen molar-refractivity contribution < 1.29 is 13.2 Å². The van der Waals surface area contributed by atoms with Gasteiger partial charge in [0.15, 0.2) is 0 Å². The zero-order chi connectivity index (χ0) is 18.7. The van der Waals surface area contributed by atoms with Crippen LogP contribution in [-0.2, 0) is 10.0 Å². The third kappa shape index (κ3) is 4.24. The Morgan fingerprint density at radius 3 is 2.58 bits per heavy atom. The van der Waals surface area contributed by atoms with Gasteiger partial charge in [-0.2, -0.15) is 0 Å². The summed E-state index contributed by atoms with van der Waals surface area (Å²) in [4.78, 5) is 12.7. The Hall–Kier alpha value is -2.35. The summed E-state index contributed by atoms with van der Waals surface area (Å²) >= 11 is 6.94. The number of rotatable bonds is 5. The summed E-state index contributed by atoms with van der Waals surface area (Å²) in [5, 5.41) is 4.64. The molecule has 3 aromatic rings. The van der Waals surface area contributed by atoms with Crippen molar-refractivity contribution in [3.05, 3.63) is 75.4 Å². The van der Waals surface area contributed by atoms with Crippen LogP contribution in [0.4, 0.5) is 11.4 Å². The first-order valence-electron chi connectivity index (χ1n) is 7.59. The lowest BCUT2D eigenvalue weighted by molar-refractivity contribution is 0.103. The Bertz CT molecular complexity index is 1060. The standard InChI is InChI=1S/C18H15ClN2O3S2/c1-12-5-2-3-8-16(12)20-18(22)17-10-15(11-25-17)26(23,24)21-14-7-4-6-13(19)9-14/h2-11,21H,1H3,(H,20,22). The van der Waals surface area contributed by atoms with Crippen LogP contribution in [-0.4, -0.2) is 14.3 Å². The fraction of sp³-hybridized carbons (Fsp3) is 0.0556. The molecule has 1 heterocycles. The van der Waals surface area contributed by atoms with E-state index in [1.807, 2.05) is 25.1 Å². The summed E-state index contributed by atoms with van der Waals surface area (Å²) < 4.78 is 27.4. The number of thiophene rings is 1. The second kappa shape index (κ2) is 7.49. The molecule has 0 aliphatic rings. The summed E-state index contributed by atoms with van der Waals surface area (Å²) in [7, 11) is -3.80. The highest BCUT2D eigenvalue weighted by molar-refractivity contribution is 7.92. The van der Waals surface area contributed by atoms with Gasteiger partial charge in [0, 0.05) is 16.1 Å². The third-order valence-electron chi connectivity index (χ3n) is 3.58. The Labute approximate surface area is 160 Å². The van der Waals surface area contributed by atoms with Gasteiger partial charge in [-0.1, -0.05) is 35.9 Å². The molecular weight excluding hydrogens is 392 g/mol. The van der Waals surface area contributed by atoms with Crippen molar-refractivity contribution in [3.63, 3.8) is 0 Å². The van der Waals surface area contributed by atoms with E-state index < -0.39 is 10.0 Å². The quantitative estimate of drug-likeness (QED) is 0.641. The summed E-state index contributed by atoms with van der Waals surface area (Å²) in [6.45, 7) is 1.88. The first-order valence-corrected chi connectivity index (χ1v) is 10.3. The second-order valence-corrected chi connectivity index (χ2v) is 8.56. The maximum absolute atomic E-state index is 12.5. The van der Waals surface area contributed by atoms with Gasteiger partial charge in [-0.05, 0) is 42.8 Å². The van der Waals surface area contributed by atoms with E-state index in [-0.39, 0.29) is 10.8 Å². The smallest absolute Gasteiger partial charge is 0.265 e. The van der Waals surface area contributed by atoms with Crippen LogP contribution in [0, 0.1) is 6.92 Å². The number of carbonyl (C=O) groups is 1. The van der Waals surface area contributed by atoms with Crippen LogP contribution in [0.25, 0.3) is 0 Å². The number of halogens is 1. The number of sulfonamides is 1. The van der Waals surface area contributed by atoms with Gasteiger partial charge in [-0.3, -0.25) is 9.52 Å². The maximum Gasteiger partial charge on any atom is 0.265 e. The molecule has 0 unspecified atom stereocenters. The molecule has 0 atom stereocenters. The minimum atomic E-state index is -3.80. The van der Waals surface area contributed by atoms with Crippen molar-refractivity contribution in [2.75, 3.05) is 10.0 Å². The number of benzene rings is 2. The molecule has 0 spiro atoms. The van der Waals surface area contributed by atoms with Gasteiger partial charge >= 0.3 is 0 Å². The van der Waals surface area contributed by atoms with E-state index in [4.69, 9.17) is 11.6 Å². The van der Waals surface area contributed by atoms with Crippen LogP contribution in [0.5, 0.6) is 0 Å². The van der Waals surface area contributed by atoms with Crippen molar-refractivity contribution in [3.8, 4) is 0 Å². The van der Waals surface area contributed by atoms with Crippen molar-refractivity contribution >= 4 is 50.2 Å². The van der Waals surface area contributed by atoms with Crippen LogP contribution in [0.15, 0.2) is 64.9 Å². The molecule has 5 nitrogen and oxygen atoms in total. The van der Waals surface area contributed by atoms with Gasteiger partial charge in [0.25, 0.3) is 15.9 Å². The molecule has 2 N–H and O–H groups in total. The van der Waals surface area contributed by atoms with E-state index in [0.29, 0.717) is 21.3 Å². The van der Waals surface area contributed by atoms with E-state index in [0.717, 1.165) is 16.9 Å². The van der Waals surface area contributed by atoms with Gasteiger partial charge in [0.1, 0.15) is 0 Å². The van der Waals surface area contributed by atoms with E-state index in [2.05, 4.69) is 10.0 Å². The molecule has 0 aliphatic carbocycles. The SMILES string of the molecule is Cc1ccccc1NC(=O)c1cc(S(=O)(=O)Nc2cccc(Cl)c2)cs1. The normalized spacial score (nSPS) is 11.2. The number of para-hydroxylation sites is 1. The number of hydrogen-bond donors (Lipinski definition) is 2. The molecule has 0 bridgehead atoms. The lowest BCUT2D eigenvalue weighted by Gasteiger charge is -2.07. The molecule has 0 fully saturated rings. The Balaban J connectivity index is 1.78. The number of amides is 1. The predicted octanol–water partition coefficient (Wildman–Crippen LogP) is 4.76. The summed E-state index contributed by atoms with van der Waals surface area (Å²) in [6.07, 6.45) is 0. The summed E-state index contributed by atoms with van der Waals surface area (Å²) in [5.41, 5.74) is 1.97. The number of anilines is 2. The van der Waals surface area contributed by atoms with E-state index in [9.17, 15) is 13.2 Å². The lowest BCUT2D eigenvalue weighted by atomic mass is 10.2. The molecule has 0 saturated heterocycles. The molecule has 26 heavy (non-hydrogen) atoms. The van der Waals surface area contributed by atoms with Gasteiger partial charge < -0.3 is 5.32 Å². The van der Waals surface area contributed by atoms with Gasteiger partial charge in [-0.25, -0.2) is 8.42 Å². The minimum absolute atomic E-state index is 0.0254. The van der Waals surface area contributed by atoms with Gasteiger partial charge in [0.05, 0.1) is 15.5 Å². The molecule has 2 aromatic carbocycles. The Kier molecular flexibility index (Phi) is 5.31.